The van der Waals surface area contributed by atoms with Crippen LogP contribution in [0.1, 0.15) is 44.6 Å². The first-order valence-electron chi connectivity index (χ1n) is 8.12. The lowest BCUT2D eigenvalue weighted by atomic mass is 9.86. The Morgan fingerprint density at radius 1 is 0.893 bits per heavy atom. The number of benzene rings is 1. The molecule has 0 saturated carbocycles. The monoisotopic (exact) mass is 384 g/mol. The van der Waals surface area contributed by atoms with Crippen molar-refractivity contribution in [1.29, 1.82) is 0 Å². The minimum Gasteiger partial charge on any atom is -0.493 e. The number of aromatic nitrogens is 4. The second-order valence-electron chi connectivity index (χ2n) is 6.14. The number of nitrogens with one attached hydrogen (secondary N) is 2. The molecule has 0 fully saturated rings. The second kappa shape index (κ2) is 6.99. The predicted molar refractivity (Wildman–Crippen MR) is 96.9 cm³/mol. The number of aromatic hydroxyl groups is 2. The van der Waals surface area contributed by atoms with E-state index in [1.807, 2.05) is 0 Å². The number of carbonyl (C=O) groups is 1. The fourth-order valence-electron chi connectivity index (χ4n) is 2.98. The number of rotatable bonds is 4. The number of nitrogens with zero attached hydrogens (tertiary/aromatic N) is 2. The summed E-state index contributed by atoms with van der Waals surface area (Å²) in [7, 11) is 0. The number of carboxylic acid groups (broad SMARTS) is 1. The summed E-state index contributed by atoms with van der Waals surface area (Å²) < 4.78 is 0. The molecule has 2 aromatic heterocycles. The molecule has 144 valence electrons. The molecular weight excluding hydrogens is 368 g/mol. The van der Waals surface area contributed by atoms with Crippen LogP contribution in [-0.2, 0) is 0 Å². The third-order valence-electron chi connectivity index (χ3n) is 4.18. The Labute approximate surface area is 157 Å². The highest BCUT2D eigenvalue weighted by molar-refractivity contribution is 5.87. The summed E-state index contributed by atoms with van der Waals surface area (Å²) in [5.41, 5.74) is -1.71. The first kappa shape index (κ1) is 18.8. The zero-order chi connectivity index (χ0) is 20.6. The third-order valence-corrected chi connectivity index (χ3v) is 4.18. The molecule has 10 heteroatoms. The Hall–Kier alpha value is -3.95. The van der Waals surface area contributed by atoms with Gasteiger partial charge in [-0.15, -0.1) is 0 Å². The van der Waals surface area contributed by atoms with Crippen LogP contribution in [0, 0.1) is 13.8 Å². The van der Waals surface area contributed by atoms with Crippen LogP contribution in [0.25, 0.3) is 0 Å². The van der Waals surface area contributed by atoms with Gasteiger partial charge >= 0.3 is 5.97 Å². The van der Waals surface area contributed by atoms with E-state index in [0.717, 1.165) is 0 Å². The number of aryl methyl sites for hydroxylation is 2. The van der Waals surface area contributed by atoms with E-state index in [-0.39, 0.29) is 33.9 Å². The molecule has 0 amide bonds. The van der Waals surface area contributed by atoms with Crippen molar-refractivity contribution in [2.75, 3.05) is 0 Å². The zero-order valence-corrected chi connectivity index (χ0v) is 14.8. The van der Waals surface area contributed by atoms with Gasteiger partial charge in [0.25, 0.3) is 11.1 Å². The summed E-state index contributed by atoms with van der Waals surface area (Å²) in [6.07, 6.45) is 0. The molecule has 28 heavy (non-hydrogen) atoms. The number of H-pyrrole nitrogens is 2. The van der Waals surface area contributed by atoms with Crippen molar-refractivity contribution in [3.63, 3.8) is 0 Å². The van der Waals surface area contributed by atoms with Gasteiger partial charge in [-0.2, -0.15) is 0 Å². The largest absolute Gasteiger partial charge is 0.493 e. The second-order valence-corrected chi connectivity index (χ2v) is 6.14. The van der Waals surface area contributed by atoms with Gasteiger partial charge in [0.2, 0.25) is 11.8 Å². The normalized spacial score (nSPS) is 11.0. The van der Waals surface area contributed by atoms with Crippen molar-refractivity contribution in [3.05, 3.63) is 78.9 Å². The van der Waals surface area contributed by atoms with E-state index >= 15 is 0 Å². The van der Waals surface area contributed by atoms with E-state index in [4.69, 9.17) is 5.11 Å². The van der Waals surface area contributed by atoms with E-state index in [0.29, 0.717) is 0 Å². The molecule has 0 spiro atoms. The molecule has 0 aliphatic carbocycles. The molecule has 0 atom stereocenters. The summed E-state index contributed by atoms with van der Waals surface area (Å²) in [5, 5.41) is 29.7. The van der Waals surface area contributed by atoms with Crippen molar-refractivity contribution in [3.8, 4) is 11.8 Å². The molecule has 2 heterocycles. The maximum Gasteiger partial charge on any atom is 0.335 e. The Bertz CT molecular complexity index is 1110. The van der Waals surface area contributed by atoms with Crippen molar-refractivity contribution < 1.29 is 20.1 Å². The van der Waals surface area contributed by atoms with Crippen LogP contribution in [-0.4, -0.2) is 41.2 Å². The highest BCUT2D eigenvalue weighted by Gasteiger charge is 2.30. The summed E-state index contributed by atoms with van der Waals surface area (Å²) >= 11 is 0. The van der Waals surface area contributed by atoms with Crippen molar-refractivity contribution >= 4 is 5.97 Å². The molecule has 0 bridgehead atoms. The maximum atomic E-state index is 12.5. The Morgan fingerprint density at radius 2 is 1.32 bits per heavy atom. The van der Waals surface area contributed by atoms with Gasteiger partial charge in [-0.3, -0.25) is 9.59 Å². The highest BCUT2D eigenvalue weighted by Crippen LogP contribution is 2.35. The van der Waals surface area contributed by atoms with E-state index in [2.05, 4.69) is 19.9 Å². The minimum atomic E-state index is -1.24. The van der Waals surface area contributed by atoms with Crippen LogP contribution in [0.15, 0.2) is 33.9 Å². The van der Waals surface area contributed by atoms with Gasteiger partial charge in [0.15, 0.2) is 0 Å². The first-order chi connectivity index (χ1) is 13.2. The van der Waals surface area contributed by atoms with Crippen molar-refractivity contribution in [2.45, 2.75) is 19.8 Å². The van der Waals surface area contributed by atoms with E-state index in [1.165, 1.54) is 38.1 Å². The Kier molecular flexibility index (Phi) is 4.70. The van der Waals surface area contributed by atoms with Crippen LogP contribution in [0.4, 0.5) is 0 Å². The molecule has 0 unspecified atom stereocenters. The van der Waals surface area contributed by atoms with Crippen LogP contribution < -0.4 is 11.1 Å². The number of hydrogen-bond acceptors (Lipinski definition) is 7. The lowest BCUT2D eigenvalue weighted by molar-refractivity contribution is 0.0697. The molecule has 0 aliphatic rings. The van der Waals surface area contributed by atoms with Crippen LogP contribution in [0.3, 0.4) is 0 Å². The van der Waals surface area contributed by atoms with Gasteiger partial charge in [0.05, 0.1) is 22.6 Å². The van der Waals surface area contributed by atoms with Crippen molar-refractivity contribution in [1.82, 2.24) is 19.9 Å². The van der Waals surface area contributed by atoms with Crippen LogP contribution in [0.2, 0.25) is 0 Å². The summed E-state index contributed by atoms with van der Waals surface area (Å²) in [6.45, 7) is 2.94. The van der Waals surface area contributed by atoms with E-state index in [9.17, 15) is 24.6 Å². The molecular formula is C18H16N4O6. The van der Waals surface area contributed by atoms with E-state index in [1.54, 1.807) is 0 Å². The van der Waals surface area contributed by atoms with Gasteiger partial charge < -0.3 is 25.3 Å². The molecule has 5 N–H and O–H groups in total. The van der Waals surface area contributed by atoms with Gasteiger partial charge in [-0.25, -0.2) is 14.8 Å². The predicted octanol–water partition coefficient (Wildman–Crippen LogP) is 0.760. The molecule has 1 aromatic carbocycles. The smallest absolute Gasteiger partial charge is 0.335 e. The van der Waals surface area contributed by atoms with Crippen LogP contribution in [0.5, 0.6) is 11.8 Å². The van der Waals surface area contributed by atoms with Gasteiger partial charge in [0, 0.05) is 0 Å². The number of aromatic carboxylic acids is 1. The first-order valence-corrected chi connectivity index (χ1v) is 8.12. The summed E-state index contributed by atoms with van der Waals surface area (Å²) in [6, 6.07) is 5.33. The number of hydrogen-bond donors (Lipinski definition) is 5. The lowest BCUT2D eigenvalue weighted by Gasteiger charge is -2.18. The molecule has 0 radical (unpaired) electrons. The third kappa shape index (κ3) is 3.34. The Balaban J connectivity index is 2.35. The highest BCUT2D eigenvalue weighted by atomic mass is 16.4. The topological polar surface area (TPSA) is 169 Å². The van der Waals surface area contributed by atoms with Gasteiger partial charge in [-0.05, 0) is 31.5 Å². The van der Waals surface area contributed by atoms with E-state index < -0.39 is 34.8 Å². The standard InChI is InChI=1S/C18H16N4O6/c1-7-19-14(23)12(15(24)20-7)11(9-3-5-10(6-4-9)18(27)28)13-16(25)21-8(2)22-17(13)26/h3-6,11H,1-2H3,(H,27,28)(H2,19,20,23,24)(H2,21,22,25,26). The van der Waals surface area contributed by atoms with Crippen molar-refractivity contribution in [2.24, 2.45) is 0 Å². The fourth-order valence-corrected chi connectivity index (χ4v) is 2.98. The Morgan fingerprint density at radius 3 is 1.68 bits per heavy atom. The van der Waals surface area contributed by atoms with Crippen LogP contribution >= 0.6 is 0 Å². The summed E-state index contributed by atoms with van der Waals surface area (Å²) in [5.74, 6) is -3.31. The quantitative estimate of drug-likeness (QED) is 0.439. The summed E-state index contributed by atoms with van der Waals surface area (Å²) in [4.78, 5) is 48.7. The molecule has 3 rings (SSSR count). The number of carboxylic acids is 1. The average molecular weight is 384 g/mol. The van der Waals surface area contributed by atoms with Gasteiger partial charge in [-0.1, -0.05) is 12.1 Å². The molecule has 0 aliphatic heterocycles. The molecule has 3 aromatic rings. The lowest BCUT2D eigenvalue weighted by Crippen LogP contribution is -2.26. The minimum absolute atomic E-state index is 0.0113. The van der Waals surface area contributed by atoms with Gasteiger partial charge in [0.1, 0.15) is 11.6 Å². The maximum absolute atomic E-state index is 12.5. The number of aromatic amines is 2. The SMILES string of the molecule is Cc1nc(O)c(C(c2ccc(C(=O)O)cc2)c2c(O)nc(C)[nH]c2=O)c(=O)[nH]1. The average Bonchev–Trinajstić information content (AvgIpc) is 2.58. The molecule has 10 nitrogen and oxygen atoms in total. The zero-order valence-electron chi connectivity index (χ0n) is 14.8. The molecule has 0 saturated heterocycles. The fraction of sp³-hybridized carbons (Fsp3) is 0.167.